The zero-order valence-electron chi connectivity index (χ0n) is 11.6. The van der Waals surface area contributed by atoms with Crippen LogP contribution in [-0.4, -0.2) is 17.1 Å². The standard InChI is InChI=1S/C16H17FN2O2/c1-10-8-12(17)4-7-15(10)19-16(21)14(18)9-11-2-5-13(20)6-3-11/h2-8,14,20H,9,18H2,1H3,(H,19,21)/t14-/m1/s1. The van der Waals surface area contributed by atoms with Gasteiger partial charge >= 0.3 is 0 Å². The highest BCUT2D eigenvalue weighted by molar-refractivity contribution is 5.95. The lowest BCUT2D eigenvalue weighted by atomic mass is 10.1. The molecule has 1 amide bonds. The molecule has 4 N–H and O–H groups in total. The molecule has 0 bridgehead atoms. The number of anilines is 1. The Bertz CT molecular complexity index is 641. The van der Waals surface area contributed by atoms with E-state index in [1.54, 1.807) is 31.2 Å². The third-order valence-corrected chi connectivity index (χ3v) is 3.18. The van der Waals surface area contributed by atoms with Gasteiger partial charge in [0, 0.05) is 5.69 Å². The van der Waals surface area contributed by atoms with Gasteiger partial charge in [-0.1, -0.05) is 12.1 Å². The van der Waals surface area contributed by atoms with E-state index < -0.39 is 6.04 Å². The van der Waals surface area contributed by atoms with Gasteiger partial charge in [-0.05, 0) is 54.8 Å². The minimum absolute atomic E-state index is 0.165. The van der Waals surface area contributed by atoms with Crippen molar-refractivity contribution in [2.24, 2.45) is 5.73 Å². The smallest absolute Gasteiger partial charge is 0.241 e. The van der Waals surface area contributed by atoms with Gasteiger partial charge in [0.05, 0.1) is 6.04 Å². The molecule has 0 radical (unpaired) electrons. The molecule has 0 aliphatic rings. The first-order valence-corrected chi connectivity index (χ1v) is 6.56. The van der Waals surface area contributed by atoms with Gasteiger partial charge in [0.1, 0.15) is 11.6 Å². The van der Waals surface area contributed by atoms with E-state index >= 15 is 0 Å². The van der Waals surface area contributed by atoms with Crippen LogP contribution >= 0.6 is 0 Å². The number of phenolic OH excluding ortho intramolecular Hbond substituents is 1. The maximum atomic E-state index is 13.0. The molecule has 0 aliphatic carbocycles. The maximum Gasteiger partial charge on any atom is 0.241 e. The van der Waals surface area contributed by atoms with Crippen LogP contribution in [0, 0.1) is 12.7 Å². The lowest BCUT2D eigenvalue weighted by Crippen LogP contribution is -2.37. The van der Waals surface area contributed by atoms with Crippen molar-refractivity contribution < 1.29 is 14.3 Å². The van der Waals surface area contributed by atoms with Crippen molar-refractivity contribution in [1.82, 2.24) is 0 Å². The summed E-state index contributed by atoms with van der Waals surface area (Å²) in [7, 11) is 0. The highest BCUT2D eigenvalue weighted by atomic mass is 19.1. The first-order valence-electron chi connectivity index (χ1n) is 6.56. The predicted molar refractivity (Wildman–Crippen MR) is 79.6 cm³/mol. The lowest BCUT2D eigenvalue weighted by molar-refractivity contribution is -0.117. The molecular weight excluding hydrogens is 271 g/mol. The average Bonchev–Trinajstić information content (AvgIpc) is 2.44. The van der Waals surface area contributed by atoms with Crippen LogP contribution in [0.1, 0.15) is 11.1 Å². The molecule has 0 spiro atoms. The molecule has 5 heteroatoms. The Morgan fingerprint density at radius 3 is 2.57 bits per heavy atom. The summed E-state index contributed by atoms with van der Waals surface area (Å²) >= 11 is 0. The number of phenols is 1. The van der Waals surface area contributed by atoms with Crippen molar-refractivity contribution in [2.75, 3.05) is 5.32 Å². The molecule has 0 unspecified atom stereocenters. The van der Waals surface area contributed by atoms with Crippen LogP contribution in [0.15, 0.2) is 42.5 Å². The van der Waals surface area contributed by atoms with Crippen LogP contribution in [0.25, 0.3) is 0 Å². The molecule has 21 heavy (non-hydrogen) atoms. The summed E-state index contributed by atoms with van der Waals surface area (Å²) in [5.41, 5.74) is 7.90. The van der Waals surface area contributed by atoms with E-state index in [9.17, 15) is 14.3 Å². The highest BCUT2D eigenvalue weighted by Crippen LogP contribution is 2.16. The Hall–Kier alpha value is -2.40. The molecule has 2 rings (SSSR count). The monoisotopic (exact) mass is 288 g/mol. The number of rotatable bonds is 4. The topological polar surface area (TPSA) is 75.4 Å². The fourth-order valence-corrected chi connectivity index (χ4v) is 1.97. The number of carbonyl (C=O) groups is 1. The fraction of sp³-hybridized carbons (Fsp3) is 0.188. The minimum Gasteiger partial charge on any atom is -0.508 e. The molecule has 2 aromatic carbocycles. The number of nitrogens with one attached hydrogen (secondary N) is 1. The van der Waals surface area contributed by atoms with Crippen LogP contribution in [0.2, 0.25) is 0 Å². The van der Waals surface area contributed by atoms with Crippen LogP contribution in [-0.2, 0) is 11.2 Å². The van der Waals surface area contributed by atoms with Crippen LogP contribution < -0.4 is 11.1 Å². The van der Waals surface area contributed by atoms with Gasteiger partial charge in [0.2, 0.25) is 5.91 Å². The number of hydrogen-bond donors (Lipinski definition) is 3. The number of amides is 1. The van der Waals surface area contributed by atoms with Crippen LogP contribution in [0.4, 0.5) is 10.1 Å². The van der Waals surface area contributed by atoms with Gasteiger partial charge in [0.15, 0.2) is 0 Å². The summed E-state index contributed by atoms with van der Waals surface area (Å²) in [6.45, 7) is 1.71. The van der Waals surface area contributed by atoms with Crippen molar-refractivity contribution >= 4 is 11.6 Å². The third kappa shape index (κ3) is 4.03. The first-order chi connectivity index (χ1) is 9.95. The first kappa shape index (κ1) is 15.0. The summed E-state index contributed by atoms with van der Waals surface area (Å²) < 4.78 is 13.0. The lowest BCUT2D eigenvalue weighted by Gasteiger charge is -2.14. The van der Waals surface area contributed by atoms with E-state index in [0.717, 1.165) is 5.56 Å². The summed E-state index contributed by atoms with van der Waals surface area (Å²) in [6, 6.07) is 9.94. The van der Waals surface area contributed by atoms with Crippen molar-refractivity contribution in [3.63, 3.8) is 0 Å². The van der Waals surface area contributed by atoms with Crippen molar-refractivity contribution in [3.05, 3.63) is 59.4 Å². The summed E-state index contributed by atoms with van der Waals surface area (Å²) in [5, 5.41) is 11.9. The normalized spacial score (nSPS) is 12.0. The second-order valence-corrected chi connectivity index (χ2v) is 4.93. The SMILES string of the molecule is Cc1cc(F)ccc1NC(=O)[C@H](N)Cc1ccc(O)cc1. The second-order valence-electron chi connectivity index (χ2n) is 4.93. The molecule has 0 saturated heterocycles. The van der Waals surface area contributed by atoms with Gasteiger partial charge in [-0.15, -0.1) is 0 Å². The van der Waals surface area contributed by atoms with E-state index in [2.05, 4.69) is 5.32 Å². The average molecular weight is 288 g/mol. The molecule has 0 aromatic heterocycles. The van der Waals surface area contributed by atoms with Crippen molar-refractivity contribution in [1.29, 1.82) is 0 Å². The van der Waals surface area contributed by atoms with Gasteiger partial charge in [-0.25, -0.2) is 4.39 Å². The number of benzene rings is 2. The zero-order chi connectivity index (χ0) is 15.4. The molecule has 110 valence electrons. The highest BCUT2D eigenvalue weighted by Gasteiger charge is 2.15. The van der Waals surface area contributed by atoms with Crippen molar-refractivity contribution in [3.8, 4) is 5.75 Å². The van der Waals surface area contributed by atoms with E-state index in [1.165, 1.54) is 18.2 Å². The molecular formula is C16H17FN2O2. The summed E-state index contributed by atoms with van der Waals surface area (Å²) in [6.07, 6.45) is 0.354. The van der Waals surface area contributed by atoms with Gasteiger partial charge < -0.3 is 16.2 Å². The number of aromatic hydroxyl groups is 1. The Morgan fingerprint density at radius 1 is 1.29 bits per heavy atom. The van der Waals surface area contributed by atoms with E-state index in [0.29, 0.717) is 17.7 Å². The third-order valence-electron chi connectivity index (χ3n) is 3.18. The molecule has 2 aromatic rings. The zero-order valence-corrected chi connectivity index (χ0v) is 11.6. The Labute approximate surface area is 122 Å². The summed E-state index contributed by atoms with van der Waals surface area (Å²) in [4.78, 5) is 12.0. The van der Waals surface area contributed by atoms with E-state index in [4.69, 9.17) is 5.73 Å². The van der Waals surface area contributed by atoms with Gasteiger partial charge in [-0.3, -0.25) is 4.79 Å². The molecule has 0 heterocycles. The number of halogens is 1. The molecule has 0 saturated carbocycles. The fourth-order valence-electron chi connectivity index (χ4n) is 1.97. The molecule has 4 nitrogen and oxygen atoms in total. The molecule has 0 fully saturated rings. The number of nitrogens with two attached hydrogens (primary N) is 1. The van der Waals surface area contributed by atoms with Crippen molar-refractivity contribution in [2.45, 2.75) is 19.4 Å². The van der Waals surface area contributed by atoms with E-state index in [1.807, 2.05) is 0 Å². The Balaban J connectivity index is 2.00. The Morgan fingerprint density at radius 2 is 1.95 bits per heavy atom. The maximum absolute atomic E-state index is 13.0. The van der Waals surface area contributed by atoms with Crippen LogP contribution in [0.3, 0.4) is 0 Å². The minimum atomic E-state index is -0.723. The number of aryl methyl sites for hydroxylation is 1. The predicted octanol–water partition coefficient (Wildman–Crippen LogP) is 2.35. The molecule has 1 atom stereocenters. The van der Waals surface area contributed by atoms with Gasteiger partial charge in [-0.2, -0.15) is 0 Å². The summed E-state index contributed by atoms with van der Waals surface area (Å²) in [5.74, 6) is -0.518. The quantitative estimate of drug-likeness (QED) is 0.808. The molecule has 0 aliphatic heterocycles. The Kier molecular flexibility index (Phi) is 4.55. The largest absolute Gasteiger partial charge is 0.508 e. The number of hydrogen-bond acceptors (Lipinski definition) is 3. The second kappa shape index (κ2) is 6.37. The van der Waals surface area contributed by atoms with Crippen LogP contribution in [0.5, 0.6) is 5.75 Å². The van der Waals surface area contributed by atoms with E-state index in [-0.39, 0.29) is 17.5 Å². The number of carbonyl (C=O) groups excluding carboxylic acids is 1. The van der Waals surface area contributed by atoms with Gasteiger partial charge in [0.25, 0.3) is 0 Å².